The van der Waals surface area contributed by atoms with Gasteiger partial charge in [0.2, 0.25) is 5.91 Å². The Hall–Kier alpha value is -2.18. The van der Waals surface area contributed by atoms with E-state index in [1.807, 2.05) is 20.2 Å². The van der Waals surface area contributed by atoms with Gasteiger partial charge in [-0.1, -0.05) is 11.6 Å². The van der Waals surface area contributed by atoms with Crippen molar-refractivity contribution in [1.29, 1.82) is 0 Å². The predicted octanol–water partition coefficient (Wildman–Crippen LogP) is 2.56. The van der Waals surface area contributed by atoms with Crippen LogP contribution in [0, 0.1) is 0 Å². The van der Waals surface area contributed by atoms with Crippen LogP contribution in [0.25, 0.3) is 11.1 Å². The molecule has 1 N–H and O–H groups in total. The number of halogens is 1. The van der Waals surface area contributed by atoms with E-state index >= 15 is 0 Å². The Labute approximate surface area is 158 Å². The SMILES string of the molecule is CN(C)CCCC(=O)NC[C@@H]1Cc2cc(-c3cncnc3)cc(Cl)c2O1. The quantitative estimate of drug-likeness (QED) is 0.806. The van der Waals surface area contributed by atoms with Gasteiger partial charge in [-0.15, -0.1) is 0 Å². The number of fused-ring (bicyclic) bond motifs is 1. The first-order valence-electron chi connectivity index (χ1n) is 8.69. The van der Waals surface area contributed by atoms with Crippen LogP contribution in [0.4, 0.5) is 0 Å². The topological polar surface area (TPSA) is 67.4 Å². The van der Waals surface area contributed by atoms with Gasteiger partial charge in [-0.2, -0.15) is 0 Å². The van der Waals surface area contributed by atoms with Crippen molar-refractivity contribution in [2.45, 2.75) is 25.4 Å². The standard InChI is InChI=1S/C19H23ClN4O2/c1-24(2)5-3-4-18(25)23-11-16-7-14-6-13(8-17(20)19(14)26-16)15-9-21-12-22-10-15/h6,8-10,12,16H,3-5,7,11H2,1-2H3,(H,23,25)/t16-/m0/s1. The van der Waals surface area contributed by atoms with Crippen LogP contribution in [0.15, 0.2) is 30.9 Å². The molecular weight excluding hydrogens is 352 g/mol. The van der Waals surface area contributed by atoms with Crippen molar-refractivity contribution in [3.8, 4) is 16.9 Å². The highest BCUT2D eigenvalue weighted by Crippen LogP contribution is 2.39. The van der Waals surface area contributed by atoms with Crippen LogP contribution in [-0.2, 0) is 11.2 Å². The van der Waals surface area contributed by atoms with Gasteiger partial charge < -0.3 is 15.0 Å². The third-order valence-corrected chi connectivity index (χ3v) is 4.56. The number of nitrogens with one attached hydrogen (secondary N) is 1. The van der Waals surface area contributed by atoms with Gasteiger partial charge in [0.1, 0.15) is 18.2 Å². The van der Waals surface area contributed by atoms with Crippen molar-refractivity contribution in [3.05, 3.63) is 41.4 Å². The Morgan fingerprint density at radius 1 is 1.31 bits per heavy atom. The Morgan fingerprint density at radius 3 is 2.81 bits per heavy atom. The van der Waals surface area contributed by atoms with Crippen LogP contribution in [0.5, 0.6) is 5.75 Å². The first kappa shape index (κ1) is 18.6. The van der Waals surface area contributed by atoms with Gasteiger partial charge in [-0.3, -0.25) is 4.79 Å². The molecule has 1 aromatic carbocycles. The molecule has 0 saturated heterocycles. The van der Waals surface area contributed by atoms with Crippen molar-refractivity contribution >= 4 is 17.5 Å². The van der Waals surface area contributed by atoms with Crippen LogP contribution >= 0.6 is 11.6 Å². The zero-order valence-electron chi connectivity index (χ0n) is 15.0. The van der Waals surface area contributed by atoms with Crippen molar-refractivity contribution in [2.75, 3.05) is 27.2 Å². The van der Waals surface area contributed by atoms with Gasteiger partial charge in [0.15, 0.2) is 0 Å². The summed E-state index contributed by atoms with van der Waals surface area (Å²) in [6.07, 6.45) is 7.00. The van der Waals surface area contributed by atoms with Gasteiger partial charge in [-0.05, 0) is 44.8 Å². The van der Waals surface area contributed by atoms with Gasteiger partial charge in [0, 0.05) is 36.4 Å². The molecule has 26 heavy (non-hydrogen) atoms. The molecule has 3 rings (SSSR count). The molecular formula is C19H23ClN4O2. The highest BCUT2D eigenvalue weighted by molar-refractivity contribution is 6.32. The first-order chi connectivity index (χ1) is 12.5. The molecule has 1 amide bonds. The second-order valence-electron chi connectivity index (χ2n) is 6.73. The number of amides is 1. The number of hydrogen-bond donors (Lipinski definition) is 1. The summed E-state index contributed by atoms with van der Waals surface area (Å²) < 4.78 is 5.94. The van der Waals surface area contributed by atoms with E-state index in [9.17, 15) is 4.79 Å². The molecule has 0 spiro atoms. The van der Waals surface area contributed by atoms with E-state index < -0.39 is 0 Å². The molecule has 0 fully saturated rings. The molecule has 2 heterocycles. The van der Waals surface area contributed by atoms with Gasteiger partial charge in [0.25, 0.3) is 0 Å². The van der Waals surface area contributed by atoms with Crippen molar-refractivity contribution in [3.63, 3.8) is 0 Å². The number of aromatic nitrogens is 2. The monoisotopic (exact) mass is 374 g/mol. The Balaban J connectivity index is 1.57. The largest absolute Gasteiger partial charge is 0.486 e. The lowest BCUT2D eigenvalue weighted by molar-refractivity contribution is -0.121. The van der Waals surface area contributed by atoms with Gasteiger partial charge in [0.05, 0.1) is 11.6 Å². The molecule has 0 bridgehead atoms. The summed E-state index contributed by atoms with van der Waals surface area (Å²) in [5, 5.41) is 3.52. The minimum Gasteiger partial charge on any atom is -0.486 e. The summed E-state index contributed by atoms with van der Waals surface area (Å²) in [6.45, 7) is 1.38. The molecule has 6 nitrogen and oxygen atoms in total. The number of hydrogen-bond acceptors (Lipinski definition) is 5. The molecule has 1 atom stereocenters. The van der Waals surface area contributed by atoms with Crippen LogP contribution in [0.3, 0.4) is 0 Å². The summed E-state index contributed by atoms with van der Waals surface area (Å²) in [5.74, 6) is 0.763. The lowest BCUT2D eigenvalue weighted by Crippen LogP contribution is -2.34. The minimum atomic E-state index is -0.0948. The van der Waals surface area contributed by atoms with E-state index in [1.165, 1.54) is 6.33 Å². The summed E-state index contributed by atoms with van der Waals surface area (Å²) in [5.41, 5.74) is 2.92. The van der Waals surface area contributed by atoms with E-state index in [0.29, 0.717) is 30.2 Å². The number of benzene rings is 1. The first-order valence-corrected chi connectivity index (χ1v) is 9.06. The van der Waals surface area contributed by atoms with Crippen molar-refractivity contribution in [1.82, 2.24) is 20.2 Å². The second kappa shape index (κ2) is 8.47. The maximum atomic E-state index is 11.9. The Kier molecular flexibility index (Phi) is 6.06. The molecule has 1 aliphatic heterocycles. The fourth-order valence-corrected chi connectivity index (χ4v) is 3.27. The van der Waals surface area contributed by atoms with Crippen LogP contribution in [0.2, 0.25) is 5.02 Å². The molecule has 138 valence electrons. The number of ether oxygens (including phenoxy) is 1. The highest BCUT2D eigenvalue weighted by atomic mass is 35.5. The summed E-state index contributed by atoms with van der Waals surface area (Å²) in [6, 6.07) is 3.92. The maximum Gasteiger partial charge on any atom is 0.220 e. The molecule has 0 aliphatic carbocycles. The summed E-state index contributed by atoms with van der Waals surface area (Å²) >= 11 is 6.39. The van der Waals surface area contributed by atoms with Gasteiger partial charge >= 0.3 is 0 Å². The third-order valence-electron chi connectivity index (χ3n) is 4.28. The van der Waals surface area contributed by atoms with E-state index in [1.54, 1.807) is 12.4 Å². The van der Waals surface area contributed by atoms with Crippen LogP contribution in [0.1, 0.15) is 18.4 Å². The number of rotatable bonds is 7. The van der Waals surface area contributed by atoms with E-state index in [0.717, 1.165) is 29.7 Å². The van der Waals surface area contributed by atoms with E-state index in [2.05, 4.69) is 26.3 Å². The maximum absolute atomic E-state index is 11.9. The van der Waals surface area contributed by atoms with Crippen molar-refractivity contribution < 1.29 is 9.53 Å². The highest BCUT2D eigenvalue weighted by Gasteiger charge is 2.26. The number of carbonyl (C=O) groups is 1. The minimum absolute atomic E-state index is 0.0552. The van der Waals surface area contributed by atoms with Gasteiger partial charge in [-0.25, -0.2) is 9.97 Å². The smallest absolute Gasteiger partial charge is 0.220 e. The average molecular weight is 375 g/mol. The summed E-state index contributed by atoms with van der Waals surface area (Å²) in [7, 11) is 4.00. The molecule has 7 heteroatoms. The molecule has 0 radical (unpaired) electrons. The Morgan fingerprint density at radius 2 is 2.08 bits per heavy atom. The molecule has 0 unspecified atom stereocenters. The van der Waals surface area contributed by atoms with Crippen LogP contribution < -0.4 is 10.1 Å². The number of nitrogens with zero attached hydrogens (tertiary/aromatic N) is 3. The lowest BCUT2D eigenvalue weighted by Gasteiger charge is -2.13. The van der Waals surface area contributed by atoms with Crippen molar-refractivity contribution in [2.24, 2.45) is 0 Å². The molecule has 1 aromatic heterocycles. The van der Waals surface area contributed by atoms with E-state index in [-0.39, 0.29) is 12.0 Å². The summed E-state index contributed by atoms with van der Waals surface area (Å²) in [4.78, 5) is 22.1. The second-order valence-corrected chi connectivity index (χ2v) is 7.14. The molecule has 1 aliphatic rings. The molecule has 2 aromatic rings. The van der Waals surface area contributed by atoms with E-state index in [4.69, 9.17) is 16.3 Å². The third kappa shape index (κ3) is 4.71. The lowest BCUT2D eigenvalue weighted by atomic mass is 10.0. The normalized spacial score (nSPS) is 15.6. The zero-order valence-corrected chi connectivity index (χ0v) is 15.8. The predicted molar refractivity (Wildman–Crippen MR) is 101 cm³/mol. The Bertz CT molecular complexity index is 768. The molecule has 0 saturated carbocycles. The number of carbonyl (C=O) groups excluding carboxylic acids is 1. The fourth-order valence-electron chi connectivity index (χ4n) is 2.99. The van der Waals surface area contributed by atoms with Crippen LogP contribution in [-0.4, -0.2) is 54.1 Å². The fraction of sp³-hybridized carbons (Fsp3) is 0.421. The average Bonchev–Trinajstić information content (AvgIpc) is 3.04. The zero-order chi connectivity index (χ0) is 18.5.